The van der Waals surface area contributed by atoms with Gasteiger partial charge in [0.05, 0.1) is 6.61 Å². The lowest BCUT2D eigenvalue weighted by atomic mass is 9.92. The maximum absolute atomic E-state index is 13.0. The molecule has 0 saturated carbocycles. The zero-order chi connectivity index (χ0) is 13.5. The van der Waals surface area contributed by atoms with E-state index < -0.39 is 5.60 Å². The summed E-state index contributed by atoms with van der Waals surface area (Å²) in [5.74, 6) is -0.313. The maximum Gasteiger partial charge on any atom is 0.147 e. The largest absolute Gasteiger partial charge is 0.393 e. The summed E-state index contributed by atoms with van der Waals surface area (Å²) in [6.07, 6.45) is -0.295. The van der Waals surface area contributed by atoms with Crippen molar-refractivity contribution in [1.29, 1.82) is 0 Å². The SMILES string of the molecule is OC[C@]1(c2ccc(F)cc2)O[C@H]1c1ccccc1Cl. The first-order chi connectivity index (χ1) is 9.17. The number of halogens is 2. The third-order valence-electron chi connectivity index (χ3n) is 3.45. The van der Waals surface area contributed by atoms with Crippen LogP contribution in [-0.4, -0.2) is 11.7 Å². The van der Waals surface area contributed by atoms with E-state index in [1.165, 1.54) is 12.1 Å². The Morgan fingerprint density at radius 2 is 1.84 bits per heavy atom. The summed E-state index contributed by atoms with van der Waals surface area (Å²) in [5, 5.41) is 10.2. The molecule has 0 radical (unpaired) electrons. The second kappa shape index (κ2) is 4.60. The molecule has 2 atom stereocenters. The molecular weight excluding hydrogens is 267 g/mol. The molecule has 2 aromatic rings. The van der Waals surface area contributed by atoms with Gasteiger partial charge in [-0.25, -0.2) is 4.39 Å². The lowest BCUT2D eigenvalue weighted by molar-refractivity contribution is 0.172. The molecule has 0 aliphatic carbocycles. The topological polar surface area (TPSA) is 32.8 Å². The van der Waals surface area contributed by atoms with Gasteiger partial charge in [0.15, 0.2) is 0 Å². The highest BCUT2D eigenvalue weighted by molar-refractivity contribution is 6.31. The molecule has 0 amide bonds. The Balaban J connectivity index is 1.96. The number of hydrogen-bond acceptors (Lipinski definition) is 2. The van der Waals surface area contributed by atoms with E-state index in [1.807, 2.05) is 18.2 Å². The van der Waals surface area contributed by atoms with Gasteiger partial charge in [0.25, 0.3) is 0 Å². The Kier molecular flexibility index (Phi) is 3.05. The van der Waals surface area contributed by atoms with Crippen LogP contribution in [-0.2, 0) is 10.3 Å². The molecular formula is C15H12ClFO2. The van der Waals surface area contributed by atoms with Crippen LogP contribution in [0.1, 0.15) is 17.2 Å². The quantitative estimate of drug-likeness (QED) is 0.873. The lowest BCUT2D eigenvalue weighted by Gasteiger charge is -2.10. The third kappa shape index (κ3) is 2.04. The van der Waals surface area contributed by atoms with Crippen molar-refractivity contribution in [2.24, 2.45) is 0 Å². The average Bonchev–Trinajstić information content (AvgIpc) is 3.16. The first-order valence-electron chi connectivity index (χ1n) is 5.96. The van der Waals surface area contributed by atoms with E-state index in [0.717, 1.165) is 11.1 Å². The summed E-state index contributed by atoms with van der Waals surface area (Å²) in [6.45, 7) is -0.172. The average molecular weight is 279 g/mol. The van der Waals surface area contributed by atoms with Crippen LogP contribution in [0.4, 0.5) is 4.39 Å². The summed E-state index contributed by atoms with van der Waals surface area (Å²) in [5.41, 5.74) is 0.780. The van der Waals surface area contributed by atoms with Crippen LogP contribution in [0.2, 0.25) is 5.02 Å². The Morgan fingerprint density at radius 1 is 1.16 bits per heavy atom. The van der Waals surface area contributed by atoms with Crippen molar-refractivity contribution in [3.8, 4) is 0 Å². The number of hydrogen-bond donors (Lipinski definition) is 1. The predicted octanol–water partition coefficient (Wildman–Crippen LogP) is 3.44. The van der Waals surface area contributed by atoms with Crippen molar-refractivity contribution in [3.63, 3.8) is 0 Å². The van der Waals surface area contributed by atoms with E-state index in [9.17, 15) is 9.50 Å². The Bertz CT molecular complexity index is 599. The summed E-state index contributed by atoms with van der Waals surface area (Å²) < 4.78 is 18.6. The molecule has 1 fully saturated rings. The van der Waals surface area contributed by atoms with Gasteiger partial charge in [0.2, 0.25) is 0 Å². The first kappa shape index (κ1) is 12.6. The van der Waals surface area contributed by atoms with Crippen LogP contribution in [0.15, 0.2) is 48.5 Å². The number of benzene rings is 2. The lowest BCUT2D eigenvalue weighted by Crippen LogP contribution is -2.15. The van der Waals surface area contributed by atoms with E-state index in [-0.39, 0.29) is 18.5 Å². The number of rotatable bonds is 3. The number of epoxide rings is 1. The summed E-state index contributed by atoms with van der Waals surface area (Å²) in [7, 11) is 0. The molecule has 4 heteroatoms. The smallest absolute Gasteiger partial charge is 0.147 e. The fourth-order valence-electron chi connectivity index (χ4n) is 2.34. The minimum absolute atomic E-state index is 0.172. The van der Waals surface area contributed by atoms with Gasteiger partial charge in [-0.3, -0.25) is 0 Å². The Morgan fingerprint density at radius 3 is 2.47 bits per heavy atom. The molecule has 1 saturated heterocycles. The van der Waals surface area contributed by atoms with Crippen molar-refractivity contribution in [1.82, 2.24) is 0 Å². The predicted molar refractivity (Wildman–Crippen MR) is 70.4 cm³/mol. The number of ether oxygens (including phenoxy) is 1. The van der Waals surface area contributed by atoms with Crippen molar-refractivity contribution in [2.75, 3.05) is 6.61 Å². The van der Waals surface area contributed by atoms with Gasteiger partial charge < -0.3 is 9.84 Å². The molecule has 1 N–H and O–H groups in total. The van der Waals surface area contributed by atoms with E-state index in [1.54, 1.807) is 18.2 Å². The molecule has 0 spiro atoms. The second-order valence-corrected chi connectivity index (χ2v) is 4.98. The zero-order valence-corrected chi connectivity index (χ0v) is 10.8. The molecule has 1 heterocycles. The Hall–Kier alpha value is -1.42. The molecule has 1 aliphatic heterocycles. The van der Waals surface area contributed by atoms with Crippen LogP contribution in [0, 0.1) is 5.82 Å². The maximum atomic E-state index is 13.0. The van der Waals surface area contributed by atoms with Crippen LogP contribution >= 0.6 is 11.6 Å². The molecule has 0 aromatic heterocycles. The van der Waals surface area contributed by atoms with Gasteiger partial charge in [-0.2, -0.15) is 0 Å². The number of aliphatic hydroxyl groups is 1. The third-order valence-corrected chi connectivity index (χ3v) is 3.79. The molecule has 0 bridgehead atoms. The van der Waals surface area contributed by atoms with Crippen molar-refractivity contribution < 1.29 is 14.2 Å². The minimum Gasteiger partial charge on any atom is -0.393 e. The molecule has 2 nitrogen and oxygen atoms in total. The van der Waals surface area contributed by atoms with Crippen LogP contribution in [0.5, 0.6) is 0 Å². The standard InChI is InChI=1S/C15H12ClFO2/c16-13-4-2-1-3-12(13)14-15(9-18,19-14)10-5-7-11(17)8-6-10/h1-8,14,18H,9H2/t14-,15+/m0/s1. The van der Waals surface area contributed by atoms with E-state index in [4.69, 9.17) is 16.3 Å². The number of aliphatic hydroxyl groups excluding tert-OH is 1. The van der Waals surface area contributed by atoms with Gasteiger partial charge in [-0.1, -0.05) is 41.9 Å². The molecule has 1 aliphatic rings. The van der Waals surface area contributed by atoms with Crippen molar-refractivity contribution in [2.45, 2.75) is 11.7 Å². The first-order valence-corrected chi connectivity index (χ1v) is 6.34. The van der Waals surface area contributed by atoms with E-state index in [0.29, 0.717) is 5.02 Å². The summed E-state index contributed by atoms with van der Waals surface area (Å²) >= 11 is 6.13. The van der Waals surface area contributed by atoms with E-state index in [2.05, 4.69) is 0 Å². The highest BCUT2D eigenvalue weighted by Crippen LogP contribution is 2.57. The van der Waals surface area contributed by atoms with Crippen LogP contribution < -0.4 is 0 Å². The van der Waals surface area contributed by atoms with Gasteiger partial charge in [0.1, 0.15) is 17.5 Å². The fraction of sp³-hybridized carbons (Fsp3) is 0.200. The molecule has 2 aromatic carbocycles. The zero-order valence-electron chi connectivity index (χ0n) is 10.0. The van der Waals surface area contributed by atoms with Gasteiger partial charge in [-0.05, 0) is 23.8 Å². The molecule has 0 unspecified atom stereocenters. The second-order valence-electron chi connectivity index (χ2n) is 4.57. The minimum atomic E-state index is -0.807. The summed E-state index contributed by atoms with van der Waals surface area (Å²) in [6, 6.07) is 13.3. The highest BCUT2D eigenvalue weighted by Gasteiger charge is 2.58. The summed E-state index contributed by atoms with van der Waals surface area (Å²) in [4.78, 5) is 0. The molecule has 3 rings (SSSR count). The monoisotopic (exact) mass is 278 g/mol. The normalized spacial score (nSPS) is 25.3. The van der Waals surface area contributed by atoms with E-state index >= 15 is 0 Å². The fourth-order valence-corrected chi connectivity index (χ4v) is 2.58. The Labute approximate surface area is 115 Å². The van der Waals surface area contributed by atoms with Gasteiger partial charge >= 0.3 is 0 Å². The van der Waals surface area contributed by atoms with Crippen LogP contribution in [0.25, 0.3) is 0 Å². The molecule has 98 valence electrons. The van der Waals surface area contributed by atoms with Crippen molar-refractivity contribution in [3.05, 3.63) is 70.5 Å². The molecule has 19 heavy (non-hydrogen) atoms. The van der Waals surface area contributed by atoms with Gasteiger partial charge in [-0.15, -0.1) is 0 Å². The van der Waals surface area contributed by atoms with Gasteiger partial charge in [0, 0.05) is 10.6 Å². The highest BCUT2D eigenvalue weighted by atomic mass is 35.5. The van der Waals surface area contributed by atoms with Crippen molar-refractivity contribution >= 4 is 11.6 Å². The van der Waals surface area contributed by atoms with Crippen LogP contribution in [0.3, 0.4) is 0 Å².